The minimum absolute atomic E-state index is 0.00503. The Morgan fingerprint density at radius 3 is 2.86 bits per heavy atom. The lowest BCUT2D eigenvalue weighted by Crippen LogP contribution is -2.37. The summed E-state index contributed by atoms with van der Waals surface area (Å²) in [6, 6.07) is 14.9. The van der Waals surface area contributed by atoms with Gasteiger partial charge >= 0.3 is 5.97 Å². The molecule has 0 N–H and O–H groups in total. The maximum atomic E-state index is 12.3. The van der Waals surface area contributed by atoms with E-state index in [0.29, 0.717) is 23.0 Å². The first-order valence-electron chi connectivity index (χ1n) is 9.46. The molecular formula is C22H19NO6. The van der Waals surface area contributed by atoms with Crippen LogP contribution in [-0.2, 0) is 22.6 Å². The molecule has 0 saturated carbocycles. The van der Waals surface area contributed by atoms with Gasteiger partial charge in [-0.2, -0.15) is 0 Å². The van der Waals surface area contributed by atoms with Crippen LogP contribution >= 0.6 is 0 Å². The van der Waals surface area contributed by atoms with Gasteiger partial charge in [-0.3, -0.25) is 0 Å². The van der Waals surface area contributed by atoms with E-state index < -0.39 is 12.1 Å². The van der Waals surface area contributed by atoms with Gasteiger partial charge in [0.25, 0.3) is 0 Å². The Kier molecular flexibility index (Phi) is 4.35. The lowest BCUT2D eigenvalue weighted by atomic mass is 10.1. The minimum Gasteiger partial charge on any atom is -0.490 e. The van der Waals surface area contributed by atoms with Crippen molar-refractivity contribution < 1.29 is 28.3 Å². The van der Waals surface area contributed by atoms with Crippen LogP contribution < -0.4 is 14.2 Å². The molecule has 0 bridgehead atoms. The molecular weight excluding hydrogens is 374 g/mol. The molecule has 0 fully saturated rings. The first-order valence-corrected chi connectivity index (χ1v) is 9.46. The second kappa shape index (κ2) is 7.16. The van der Waals surface area contributed by atoms with Gasteiger partial charge in [0, 0.05) is 18.1 Å². The lowest BCUT2D eigenvalue weighted by Gasteiger charge is -2.24. The van der Waals surface area contributed by atoms with Crippen LogP contribution in [0.5, 0.6) is 17.2 Å². The first-order chi connectivity index (χ1) is 14.2. The van der Waals surface area contributed by atoms with Gasteiger partial charge in [0.1, 0.15) is 30.8 Å². The van der Waals surface area contributed by atoms with Crippen molar-refractivity contribution in [3.63, 3.8) is 0 Å². The zero-order valence-electron chi connectivity index (χ0n) is 15.8. The van der Waals surface area contributed by atoms with E-state index in [0.717, 1.165) is 23.3 Å². The van der Waals surface area contributed by atoms with Gasteiger partial charge in [0.2, 0.25) is 6.10 Å². The number of aromatic nitrogens is 1. The monoisotopic (exact) mass is 393 g/mol. The molecule has 3 aromatic rings. The van der Waals surface area contributed by atoms with Crippen LogP contribution in [0.1, 0.15) is 18.2 Å². The van der Waals surface area contributed by atoms with E-state index >= 15 is 0 Å². The van der Waals surface area contributed by atoms with E-state index in [1.165, 1.54) is 0 Å². The summed E-state index contributed by atoms with van der Waals surface area (Å²) < 4.78 is 27.7. The van der Waals surface area contributed by atoms with Gasteiger partial charge in [-0.1, -0.05) is 17.3 Å². The number of ether oxygens (including phenoxy) is 4. The quantitative estimate of drug-likeness (QED) is 0.627. The fourth-order valence-corrected chi connectivity index (χ4v) is 3.46. The van der Waals surface area contributed by atoms with Gasteiger partial charge in [0.15, 0.2) is 17.3 Å². The summed E-state index contributed by atoms with van der Waals surface area (Å²) in [6.07, 6.45) is 0.242. The molecule has 2 atom stereocenters. The summed E-state index contributed by atoms with van der Waals surface area (Å²) in [4.78, 5) is 12.3. The van der Waals surface area contributed by atoms with Gasteiger partial charge in [-0.15, -0.1) is 0 Å². The molecule has 29 heavy (non-hydrogen) atoms. The molecule has 7 heteroatoms. The van der Waals surface area contributed by atoms with Crippen molar-refractivity contribution in [3.05, 3.63) is 59.8 Å². The highest BCUT2D eigenvalue weighted by molar-refractivity contribution is 5.76. The van der Waals surface area contributed by atoms with E-state index in [9.17, 15) is 4.79 Å². The van der Waals surface area contributed by atoms with Crippen LogP contribution in [0.4, 0.5) is 0 Å². The van der Waals surface area contributed by atoms with Crippen LogP contribution in [0.2, 0.25) is 0 Å². The van der Waals surface area contributed by atoms with Crippen molar-refractivity contribution in [1.29, 1.82) is 0 Å². The number of carbonyl (C=O) groups excluding carboxylic acids is 1. The molecule has 148 valence electrons. The Morgan fingerprint density at radius 1 is 1.10 bits per heavy atom. The Morgan fingerprint density at radius 2 is 1.97 bits per heavy atom. The molecule has 0 saturated heterocycles. The summed E-state index contributed by atoms with van der Waals surface area (Å²) in [5, 5.41) is 4.00. The van der Waals surface area contributed by atoms with E-state index in [1.54, 1.807) is 18.2 Å². The van der Waals surface area contributed by atoms with E-state index in [1.807, 2.05) is 37.3 Å². The van der Waals surface area contributed by atoms with Crippen molar-refractivity contribution in [3.8, 4) is 28.6 Å². The normalized spacial score (nSPS) is 19.3. The second-order valence-electron chi connectivity index (χ2n) is 7.11. The molecule has 2 aliphatic rings. The van der Waals surface area contributed by atoms with E-state index in [-0.39, 0.29) is 19.3 Å². The van der Waals surface area contributed by atoms with Crippen LogP contribution in [0.25, 0.3) is 11.3 Å². The van der Waals surface area contributed by atoms with Crippen LogP contribution in [-0.4, -0.2) is 29.9 Å². The maximum absolute atomic E-state index is 12.3. The number of benzene rings is 2. The summed E-state index contributed by atoms with van der Waals surface area (Å²) in [7, 11) is 0. The molecule has 1 aromatic heterocycles. The summed E-state index contributed by atoms with van der Waals surface area (Å²) in [5.74, 6) is 2.16. The van der Waals surface area contributed by atoms with Crippen molar-refractivity contribution in [2.24, 2.45) is 0 Å². The zero-order chi connectivity index (χ0) is 19.8. The number of fused-ring (bicyclic) bond motifs is 2. The molecule has 0 spiro atoms. The van der Waals surface area contributed by atoms with Gasteiger partial charge in [0.05, 0.1) is 0 Å². The Bertz CT molecular complexity index is 1060. The van der Waals surface area contributed by atoms with E-state index in [2.05, 4.69) is 5.16 Å². The largest absolute Gasteiger partial charge is 0.490 e. The second-order valence-corrected chi connectivity index (χ2v) is 7.11. The zero-order valence-corrected chi connectivity index (χ0v) is 15.8. The fourth-order valence-electron chi connectivity index (χ4n) is 3.46. The number of carbonyl (C=O) groups is 1. The average molecular weight is 393 g/mol. The highest BCUT2D eigenvalue weighted by Crippen LogP contribution is 2.33. The van der Waals surface area contributed by atoms with Gasteiger partial charge in [-0.25, -0.2) is 4.79 Å². The Hall–Kier alpha value is -3.48. The molecule has 7 nitrogen and oxygen atoms in total. The van der Waals surface area contributed by atoms with E-state index in [4.69, 9.17) is 23.5 Å². The summed E-state index contributed by atoms with van der Waals surface area (Å²) in [5.41, 5.74) is 2.58. The molecule has 0 radical (unpaired) electrons. The smallest absolute Gasteiger partial charge is 0.351 e. The molecule has 3 heterocycles. The Labute approximate surface area is 167 Å². The van der Waals surface area contributed by atoms with Gasteiger partial charge < -0.3 is 23.5 Å². The third-order valence-corrected chi connectivity index (χ3v) is 4.87. The van der Waals surface area contributed by atoms with Crippen LogP contribution in [0.3, 0.4) is 0 Å². The minimum atomic E-state index is -0.810. The SMILES string of the molecule is CC1Cc2cc(-c3cc(COC(=O)C4COc5ccccc5O4)no3)ccc2O1. The number of hydrogen-bond acceptors (Lipinski definition) is 7. The molecule has 2 aliphatic heterocycles. The molecule has 2 unspecified atom stereocenters. The highest BCUT2D eigenvalue weighted by Gasteiger charge is 2.29. The number of rotatable bonds is 4. The van der Waals surface area contributed by atoms with Gasteiger partial charge in [-0.05, 0) is 42.8 Å². The topological polar surface area (TPSA) is 80.0 Å². The summed E-state index contributed by atoms with van der Waals surface area (Å²) >= 11 is 0. The predicted octanol–water partition coefficient (Wildman–Crippen LogP) is 3.55. The molecule has 5 rings (SSSR count). The number of esters is 1. The predicted molar refractivity (Wildman–Crippen MR) is 102 cm³/mol. The standard InChI is InChI=1S/C22H19NO6/c1-13-8-15-9-14(6-7-17(15)27-13)20-10-16(23-29-20)11-26-22(24)21-12-25-18-4-2-3-5-19(18)28-21/h2-7,9-10,13,21H,8,11-12H2,1H3. The van der Waals surface area contributed by atoms with Crippen molar-refractivity contribution in [1.82, 2.24) is 5.16 Å². The third kappa shape index (κ3) is 3.51. The van der Waals surface area contributed by atoms with Crippen molar-refractivity contribution in [2.75, 3.05) is 6.61 Å². The van der Waals surface area contributed by atoms with Crippen LogP contribution in [0, 0.1) is 0 Å². The number of para-hydroxylation sites is 2. The number of nitrogens with zero attached hydrogens (tertiary/aromatic N) is 1. The van der Waals surface area contributed by atoms with Crippen LogP contribution in [0.15, 0.2) is 53.1 Å². The highest BCUT2D eigenvalue weighted by atomic mass is 16.6. The lowest BCUT2D eigenvalue weighted by molar-refractivity contribution is -0.156. The molecule has 2 aromatic carbocycles. The number of hydrogen-bond donors (Lipinski definition) is 0. The van der Waals surface area contributed by atoms with Crippen molar-refractivity contribution >= 4 is 5.97 Å². The molecule has 0 amide bonds. The molecule has 0 aliphatic carbocycles. The Balaban J connectivity index is 1.21. The summed E-state index contributed by atoms with van der Waals surface area (Å²) in [6.45, 7) is 2.14. The maximum Gasteiger partial charge on any atom is 0.351 e. The average Bonchev–Trinajstić information content (AvgIpc) is 3.36. The van der Waals surface area contributed by atoms with Crippen molar-refractivity contribution in [2.45, 2.75) is 32.2 Å². The third-order valence-electron chi connectivity index (χ3n) is 4.87. The fraction of sp³-hybridized carbons (Fsp3) is 0.273. The first kappa shape index (κ1) is 17.6.